The molecule has 7 nitrogen and oxygen atoms in total. The van der Waals surface area contributed by atoms with E-state index >= 15 is 0 Å². The Labute approximate surface area is 196 Å². The maximum Gasteiger partial charge on any atom is 0.350 e. The molecule has 0 aliphatic carbocycles. The first kappa shape index (κ1) is 22.6. The van der Waals surface area contributed by atoms with Crippen molar-refractivity contribution in [1.82, 2.24) is 4.98 Å². The van der Waals surface area contributed by atoms with E-state index in [2.05, 4.69) is 4.98 Å². The molecule has 1 N–H and O–H groups in total. The zero-order valence-electron chi connectivity index (χ0n) is 17.3. The van der Waals surface area contributed by atoms with Crippen molar-refractivity contribution in [3.8, 4) is 0 Å². The van der Waals surface area contributed by atoms with Gasteiger partial charge in [-0.1, -0.05) is 35.1 Å². The van der Waals surface area contributed by atoms with Crippen molar-refractivity contribution in [3.63, 3.8) is 0 Å². The minimum Gasteiger partial charge on any atom is -0.507 e. The van der Waals surface area contributed by atoms with Gasteiger partial charge in [0.05, 0.1) is 24.4 Å². The van der Waals surface area contributed by atoms with Gasteiger partial charge in [-0.25, -0.2) is 14.2 Å². The van der Waals surface area contributed by atoms with Crippen molar-refractivity contribution in [3.05, 3.63) is 86.6 Å². The summed E-state index contributed by atoms with van der Waals surface area (Å²) in [5.41, 5.74) is 0.773. The number of carbonyl (C=O) groups excluding carboxylic acids is 3. The molecule has 168 valence electrons. The number of anilines is 1. The van der Waals surface area contributed by atoms with Crippen molar-refractivity contribution in [1.29, 1.82) is 0 Å². The summed E-state index contributed by atoms with van der Waals surface area (Å²) in [6.45, 7) is 1.57. The standard InChI is InChI=1S/C23H16ClFN2O5S/c1-11-20(22(31)32-2)33-23(26-11)27-17(12-5-9-15(25)10-6-12)16(19(29)21(27)30)18(28)13-3-7-14(24)8-4-13/h3-10,17,28H,1-2H3/b18-16+. The van der Waals surface area contributed by atoms with Gasteiger partial charge in [-0.15, -0.1) is 0 Å². The van der Waals surface area contributed by atoms with Gasteiger partial charge in [0, 0.05) is 10.6 Å². The summed E-state index contributed by atoms with van der Waals surface area (Å²) in [7, 11) is 1.22. The molecule has 1 fully saturated rings. The number of Topliss-reactive ketones (excluding diaryl/α,β-unsaturated/α-hetero) is 1. The van der Waals surface area contributed by atoms with Crippen LogP contribution in [0.5, 0.6) is 0 Å². The Balaban J connectivity index is 1.93. The summed E-state index contributed by atoms with van der Waals surface area (Å²) >= 11 is 6.80. The monoisotopic (exact) mass is 486 g/mol. The smallest absolute Gasteiger partial charge is 0.350 e. The van der Waals surface area contributed by atoms with E-state index in [4.69, 9.17) is 16.3 Å². The van der Waals surface area contributed by atoms with Gasteiger partial charge < -0.3 is 9.84 Å². The van der Waals surface area contributed by atoms with Crippen LogP contribution in [0.3, 0.4) is 0 Å². The SMILES string of the molecule is COC(=O)c1sc(N2C(=O)C(=O)/C(=C(/O)c3ccc(Cl)cc3)C2c2ccc(F)cc2)nc1C. The fourth-order valence-electron chi connectivity index (χ4n) is 3.52. The van der Waals surface area contributed by atoms with Crippen LogP contribution in [0.25, 0.3) is 5.76 Å². The van der Waals surface area contributed by atoms with Crippen LogP contribution in [0.1, 0.15) is 32.5 Å². The highest BCUT2D eigenvalue weighted by atomic mass is 35.5. The van der Waals surface area contributed by atoms with Crippen LogP contribution in [0, 0.1) is 12.7 Å². The van der Waals surface area contributed by atoms with Crippen molar-refractivity contribution >= 4 is 51.5 Å². The number of aliphatic hydroxyl groups excluding tert-OH is 1. The number of esters is 1. The normalized spacial score (nSPS) is 17.5. The van der Waals surface area contributed by atoms with E-state index in [0.29, 0.717) is 16.3 Å². The van der Waals surface area contributed by atoms with Crippen LogP contribution in [-0.2, 0) is 14.3 Å². The maximum atomic E-state index is 13.6. The number of ketones is 1. The van der Waals surface area contributed by atoms with Gasteiger partial charge in [0.2, 0.25) is 0 Å². The number of rotatable bonds is 4. The minimum atomic E-state index is -1.10. The molecule has 0 saturated carbocycles. The fourth-order valence-corrected chi connectivity index (χ4v) is 4.66. The number of carbonyl (C=O) groups is 3. The molecular formula is C23H16ClFN2O5S. The molecule has 1 aliphatic heterocycles. The van der Waals surface area contributed by atoms with Gasteiger partial charge in [0.15, 0.2) is 5.13 Å². The van der Waals surface area contributed by atoms with Gasteiger partial charge in [-0.3, -0.25) is 14.5 Å². The number of nitrogens with zero attached hydrogens (tertiary/aromatic N) is 2. The van der Waals surface area contributed by atoms with Crippen LogP contribution in [0.2, 0.25) is 5.02 Å². The third-order valence-corrected chi connectivity index (χ3v) is 6.50. The predicted molar refractivity (Wildman–Crippen MR) is 121 cm³/mol. The number of amides is 1. The lowest BCUT2D eigenvalue weighted by Gasteiger charge is -2.23. The molecule has 1 aliphatic rings. The van der Waals surface area contributed by atoms with E-state index in [1.54, 1.807) is 6.92 Å². The molecule has 0 spiro atoms. The molecule has 4 rings (SSSR count). The van der Waals surface area contributed by atoms with E-state index in [9.17, 15) is 23.9 Å². The Hall–Kier alpha value is -3.56. The van der Waals surface area contributed by atoms with E-state index in [1.807, 2.05) is 0 Å². The fraction of sp³-hybridized carbons (Fsp3) is 0.130. The number of aromatic nitrogens is 1. The zero-order valence-corrected chi connectivity index (χ0v) is 18.9. The second-order valence-corrected chi connectivity index (χ2v) is 8.54. The van der Waals surface area contributed by atoms with Gasteiger partial charge >= 0.3 is 11.9 Å². The van der Waals surface area contributed by atoms with E-state index in [1.165, 1.54) is 55.6 Å². The average Bonchev–Trinajstić information content (AvgIpc) is 3.31. The van der Waals surface area contributed by atoms with Crippen LogP contribution >= 0.6 is 22.9 Å². The predicted octanol–water partition coefficient (Wildman–Crippen LogP) is 4.66. The maximum absolute atomic E-state index is 13.6. The summed E-state index contributed by atoms with van der Waals surface area (Å²) in [5, 5.41) is 11.5. The van der Waals surface area contributed by atoms with Crippen molar-refractivity contribution < 1.29 is 28.6 Å². The summed E-state index contributed by atoms with van der Waals surface area (Å²) in [6.07, 6.45) is 0. The van der Waals surface area contributed by atoms with Crippen LogP contribution in [0.4, 0.5) is 9.52 Å². The molecule has 10 heteroatoms. The van der Waals surface area contributed by atoms with E-state index in [-0.39, 0.29) is 21.1 Å². The summed E-state index contributed by atoms with van der Waals surface area (Å²) in [5.74, 6) is -3.43. The van der Waals surface area contributed by atoms with Crippen LogP contribution < -0.4 is 4.90 Å². The number of benzene rings is 2. The third-order valence-electron chi connectivity index (χ3n) is 5.11. The Bertz CT molecular complexity index is 1300. The Morgan fingerprint density at radius 2 is 1.79 bits per heavy atom. The zero-order chi connectivity index (χ0) is 23.9. The minimum absolute atomic E-state index is 0.0690. The van der Waals surface area contributed by atoms with Crippen molar-refractivity contribution in [2.24, 2.45) is 0 Å². The topological polar surface area (TPSA) is 96.8 Å². The highest BCUT2D eigenvalue weighted by Crippen LogP contribution is 2.44. The second-order valence-electron chi connectivity index (χ2n) is 7.13. The third kappa shape index (κ3) is 4.01. The highest BCUT2D eigenvalue weighted by Gasteiger charge is 2.48. The Morgan fingerprint density at radius 1 is 1.15 bits per heavy atom. The Kier molecular flexibility index (Phi) is 6.01. The molecule has 0 radical (unpaired) electrons. The molecule has 1 atom stereocenters. The van der Waals surface area contributed by atoms with Gasteiger partial charge in [0.1, 0.15) is 16.5 Å². The van der Waals surface area contributed by atoms with Gasteiger partial charge in [0.25, 0.3) is 5.78 Å². The lowest BCUT2D eigenvalue weighted by Crippen LogP contribution is -2.29. The van der Waals surface area contributed by atoms with Gasteiger partial charge in [-0.2, -0.15) is 0 Å². The first-order valence-corrected chi connectivity index (χ1v) is 10.8. The number of aryl methyl sites for hydroxylation is 1. The molecule has 1 unspecified atom stereocenters. The lowest BCUT2D eigenvalue weighted by molar-refractivity contribution is -0.132. The molecule has 1 amide bonds. The second kappa shape index (κ2) is 8.76. The van der Waals surface area contributed by atoms with E-state index < -0.39 is 35.3 Å². The highest BCUT2D eigenvalue weighted by molar-refractivity contribution is 7.17. The molecule has 33 heavy (non-hydrogen) atoms. The number of aliphatic hydroxyl groups is 1. The summed E-state index contributed by atoms with van der Waals surface area (Å²) in [4.78, 5) is 43.8. The van der Waals surface area contributed by atoms with Crippen LogP contribution in [-0.4, -0.2) is 34.9 Å². The van der Waals surface area contributed by atoms with Crippen LogP contribution in [0.15, 0.2) is 54.1 Å². The number of halogens is 2. The first-order valence-electron chi connectivity index (χ1n) is 9.61. The van der Waals surface area contributed by atoms with E-state index in [0.717, 1.165) is 16.2 Å². The first-order chi connectivity index (χ1) is 15.7. The molecule has 3 aromatic rings. The number of hydrogen-bond donors (Lipinski definition) is 1. The quantitative estimate of drug-likeness (QED) is 0.249. The Morgan fingerprint density at radius 3 is 2.39 bits per heavy atom. The van der Waals surface area contributed by atoms with Gasteiger partial charge in [-0.05, 0) is 48.9 Å². The lowest BCUT2D eigenvalue weighted by atomic mass is 9.95. The van der Waals surface area contributed by atoms with Crippen molar-refractivity contribution in [2.75, 3.05) is 12.0 Å². The molecule has 1 saturated heterocycles. The number of methoxy groups -OCH3 is 1. The van der Waals surface area contributed by atoms with Crippen molar-refractivity contribution in [2.45, 2.75) is 13.0 Å². The largest absolute Gasteiger partial charge is 0.507 e. The number of ether oxygens (including phenoxy) is 1. The molecular weight excluding hydrogens is 471 g/mol. The summed E-state index contributed by atoms with van der Waals surface area (Å²) < 4.78 is 18.4. The molecule has 2 aromatic carbocycles. The summed E-state index contributed by atoms with van der Waals surface area (Å²) in [6, 6.07) is 10.2. The molecule has 0 bridgehead atoms. The number of hydrogen-bond acceptors (Lipinski definition) is 7. The molecule has 2 heterocycles. The average molecular weight is 487 g/mol. The molecule has 1 aromatic heterocycles. The number of thiazole rings is 1.